The number of esters is 1. The highest BCUT2D eigenvalue weighted by atomic mass is 79.9. The Kier molecular flexibility index (Phi) is 7.08. The van der Waals surface area contributed by atoms with Crippen LogP contribution in [0.15, 0.2) is 22.7 Å². The fourth-order valence-corrected chi connectivity index (χ4v) is 4.23. The molecule has 1 heterocycles. The number of amides is 2. The highest BCUT2D eigenvalue weighted by Gasteiger charge is 2.38. The van der Waals surface area contributed by atoms with Gasteiger partial charge in [0.2, 0.25) is 0 Å². The lowest BCUT2D eigenvalue weighted by Crippen LogP contribution is -2.54. The molecule has 10 heteroatoms. The summed E-state index contributed by atoms with van der Waals surface area (Å²) in [6.45, 7) is 4.02. The quantitative estimate of drug-likeness (QED) is 0.514. The third kappa shape index (κ3) is 5.78. The predicted octanol–water partition coefficient (Wildman–Crippen LogP) is 2.56. The van der Waals surface area contributed by atoms with Crippen LogP contribution in [0.25, 0.3) is 0 Å². The summed E-state index contributed by atoms with van der Waals surface area (Å²) >= 11 is 3.40. The third-order valence-corrected chi connectivity index (χ3v) is 5.43. The second-order valence-corrected chi connectivity index (χ2v) is 9.52. The molecule has 0 aromatic heterocycles. The number of hydrogen-bond donors (Lipinski definition) is 2. The van der Waals surface area contributed by atoms with Crippen LogP contribution < -0.4 is 0 Å². The molecular formula is C17H24BrN2O6P. The summed E-state index contributed by atoms with van der Waals surface area (Å²) < 4.78 is 17.2. The number of benzene rings is 1. The molecule has 0 aliphatic carbocycles. The van der Waals surface area contributed by atoms with Crippen LogP contribution in [0.2, 0.25) is 0 Å². The second kappa shape index (κ2) is 8.73. The summed E-state index contributed by atoms with van der Waals surface area (Å²) in [6.07, 6.45) is -0.411. The largest absolute Gasteiger partial charge is 0.467 e. The minimum atomic E-state index is -4.45. The van der Waals surface area contributed by atoms with E-state index in [1.165, 1.54) is 12.0 Å². The number of carbonyl (C=O) groups is 2. The molecule has 2 rings (SSSR count). The van der Waals surface area contributed by atoms with Gasteiger partial charge in [0.1, 0.15) is 12.3 Å². The van der Waals surface area contributed by atoms with Crippen LogP contribution in [-0.4, -0.2) is 57.6 Å². The van der Waals surface area contributed by atoms with E-state index < -0.39 is 31.9 Å². The SMILES string of the molecule is COC(=O)[C@H]1Cc2ccc(Br)cc2CN1C(=O)N(CC(C)C)CP(=O)(O)O. The number of rotatable bonds is 5. The Hall–Kier alpha value is -1.41. The van der Waals surface area contributed by atoms with Crippen molar-refractivity contribution in [3.05, 3.63) is 33.8 Å². The van der Waals surface area contributed by atoms with Crippen LogP contribution in [0.5, 0.6) is 0 Å². The van der Waals surface area contributed by atoms with Crippen molar-refractivity contribution >= 4 is 35.5 Å². The Morgan fingerprint density at radius 1 is 1.37 bits per heavy atom. The van der Waals surface area contributed by atoms with Gasteiger partial charge in [-0.05, 0) is 29.2 Å². The molecule has 1 aromatic rings. The van der Waals surface area contributed by atoms with Crippen molar-refractivity contribution in [2.24, 2.45) is 5.92 Å². The normalized spacial score (nSPS) is 16.9. The minimum Gasteiger partial charge on any atom is -0.467 e. The maximum absolute atomic E-state index is 13.1. The molecule has 1 aliphatic heterocycles. The van der Waals surface area contributed by atoms with E-state index in [9.17, 15) is 23.9 Å². The molecule has 1 atom stereocenters. The van der Waals surface area contributed by atoms with E-state index in [0.717, 1.165) is 20.5 Å². The number of nitrogens with zero attached hydrogens (tertiary/aromatic N) is 2. The molecule has 2 amide bonds. The third-order valence-electron chi connectivity index (χ3n) is 4.23. The molecule has 2 N–H and O–H groups in total. The molecule has 0 radical (unpaired) electrons. The van der Waals surface area contributed by atoms with Crippen molar-refractivity contribution in [2.75, 3.05) is 19.9 Å². The van der Waals surface area contributed by atoms with Gasteiger partial charge in [0.15, 0.2) is 0 Å². The molecule has 0 bridgehead atoms. The maximum atomic E-state index is 13.1. The number of ether oxygens (including phenoxy) is 1. The number of fused-ring (bicyclic) bond motifs is 1. The standard InChI is InChI=1S/C17H24BrN2O6P/c1-11(2)8-19(10-27(23,24)25)17(22)20-9-13-6-14(18)5-4-12(13)7-15(20)16(21)26-3/h4-6,11,15H,7-10H2,1-3H3,(H2,23,24,25)/t15-/m1/s1. The zero-order valence-corrected chi connectivity index (χ0v) is 17.9. The average Bonchev–Trinajstić information content (AvgIpc) is 2.57. The topological polar surface area (TPSA) is 107 Å². The fourth-order valence-electron chi connectivity index (χ4n) is 3.14. The van der Waals surface area contributed by atoms with E-state index in [-0.39, 0.29) is 25.4 Å². The van der Waals surface area contributed by atoms with Crippen molar-refractivity contribution in [3.8, 4) is 0 Å². The molecule has 0 saturated heterocycles. The number of halogens is 1. The summed E-state index contributed by atoms with van der Waals surface area (Å²) in [5.74, 6) is -0.555. The minimum absolute atomic E-state index is 0.00305. The number of hydrogen-bond acceptors (Lipinski definition) is 4. The Morgan fingerprint density at radius 2 is 2.04 bits per heavy atom. The van der Waals surface area contributed by atoms with E-state index in [4.69, 9.17) is 4.74 Å². The molecule has 1 aromatic carbocycles. The first-order valence-corrected chi connectivity index (χ1v) is 11.1. The van der Waals surface area contributed by atoms with Crippen LogP contribution in [-0.2, 0) is 27.1 Å². The summed E-state index contributed by atoms with van der Waals surface area (Å²) in [5, 5.41) is 0. The molecule has 27 heavy (non-hydrogen) atoms. The molecule has 0 spiro atoms. The van der Waals surface area contributed by atoms with Gasteiger partial charge in [0.05, 0.1) is 7.11 Å². The number of carbonyl (C=O) groups excluding carboxylic acids is 2. The monoisotopic (exact) mass is 462 g/mol. The Morgan fingerprint density at radius 3 is 2.59 bits per heavy atom. The van der Waals surface area contributed by atoms with Crippen molar-refractivity contribution in [3.63, 3.8) is 0 Å². The molecule has 0 fully saturated rings. The van der Waals surface area contributed by atoms with Gasteiger partial charge in [-0.15, -0.1) is 0 Å². The van der Waals surface area contributed by atoms with Crippen molar-refractivity contribution < 1.29 is 28.7 Å². The van der Waals surface area contributed by atoms with Gasteiger partial charge in [-0.1, -0.05) is 35.8 Å². The first-order chi connectivity index (χ1) is 12.5. The van der Waals surface area contributed by atoms with Crippen molar-refractivity contribution in [1.82, 2.24) is 9.80 Å². The van der Waals surface area contributed by atoms with E-state index in [0.29, 0.717) is 0 Å². The van der Waals surface area contributed by atoms with Gasteiger partial charge in [-0.3, -0.25) is 4.57 Å². The lowest BCUT2D eigenvalue weighted by molar-refractivity contribution is -0.146. The zero-order chi connectivity index (χ0) is 20.4. The maximum Gasteiger partial charge on any atom is 0.344 e. The van der Waals surface area contributed by atoms with E-state index in [1.807, 2.05) is 32.0 Å². The van der Waals surface area contributed by atoms with Crippen LogP contribution in [0.4, 0.5) is 4.79 Å². The van der Waals surface area contributed by atoms with Crippen LogP contribution in [0.1, 0.15) is 25.0 Å². The van der Waals surface area contributed by atoms with Gasteiger partial charge in [0, 0.05) is 24.0 Å². The summed E-state index contributed by atoms with van der Waals surface area (Å²) in [7, 11) is -3.20. The van der Waals surface area contributed by atoms with E-state index in [1.54, 1.807) is 0 Å². The average molecular weight is 463 g/mol. The second-order valence-electron chi connectivity index (χ2n) is 6.99. The zero-order valence-electron chi connectivity index (χ0n) is 15.5. The van der Waals surface area contributed by atoms with Crippen molar-refractivity contribution in [2.45, 2.75) is 32.9 Å². The Bertz CT molecular complexity index is 766. The smallest absolute Gasteiger partial charge is 0.344 e. The summed E-state index contributed by atoms with van der Waals surface area (Å²) in [4.78, 5) is 46.6. The number of methoxy groups -OCH3 is 1. The fraction of sp³-hybridized carbons (Fsp3) is 0.529. The van der Waals surface area contributed by atoms with Gasteiger partial charge >= 0.3 is 19.6 Å². The van der Waals surface area contributed by atoms with Gasteiger partial charge in [-0.25, -0.2) is 9.59 Å². The lowest BCUT2D eigenvalue weighted by Gasteiger charge is -2.39. The van der Waals surface area contributed by atoms with E-state index in [2.05, 4.69) is 15.9 Å². The van der Waals surface area contributed by atoms with E-state index >= 15 is 0 Å². The molecule has 150 valence electrons. The Labute approximate surface area is 166 Å². The first kappa shape index (κ1) is 21.9. The molecule has 0 saturated carbocycles. The summed E-state index contributed by atoms with van der Waals surface area (Å²) in [6, 6.07) is 4.19. The van der Waals surface area contributed by atoms with Crippen LogP contribution >= 0.6 is 23.5 Å². The first-order valence-electron chi connectivity index (χ1n) is 8.47. The van der Waals surface area contributed by atoms with Crippen LogP contribution in [0.3, 0.4) is 0 Å². The molecular weight excluding hydrogens is 439 g/mol. The lowest BCUT2D eigenvalue weighted by atomic mass is 9.94. The highest BCUT2D eigenvalue weighted by Crippen LogP contribution is 2.36. The summed E-state index contributed by atoms with van der Waals surface area (Å²) in [5.41, 5.74) is 1.81. The molecule has 0 unspecified atom stereocenters. The predicted molar refractivity (Wildman–Crippen MR) is 103 cm³/mol. The van der Waals surface area contributed by atoms with Crippen LogP contribution in [0, 0.1) is 5.92 Å². The molecule has 8 nitrogen and oxygen atoms in total. The Balaban J connectivity index is 2.38. The van der Waals surface area contributed by atoms with Crippen molar-refractivity contribution in [1.29, 1.82) is 0 Å². The van der Waals surface area contributed by atoms with Gasteiger partial charge in [-0.2, -0.15) is 0 Å². The molecule has 1 aliphatic rings. The van der Waals surface area contributed by atoms with Gasteiger partial charge < -0.3 is 24.3 Å². The highest BCUT2D eigenvalue weighted by molar-refractivity contribution is 9.10. The number of urea groups is 1. The van der Waals surface area contributed by atoms with Gasteiger partial charge in [0.25, 0.3) is 0 Å².